The molecule has 1 unspecified atom stereocenters. The number of hydrogen-bond acceptors (Lipinski definition) is 4. The Labute approximate surface area is 114 Å². The van der Waals surface area contributed by atoms with Gasteiger partial charge in [-0.25, -0.2) is 0 Å². The number of carbonyl (C=O) groups excluding carboxylic acids is 1. The third-order valence-corrected chi connectivity index (χ3v) is 3.55. The maximum atomic E-state index is 12.7. The molecule has 1 aliphatic heterocycles. The van der Waals surface area contributed by atoms with Crippen molar-refractivity contribution in [1.29, 1.82) is 0 Å². The van der Waals surface area contributed by atoms with Gasteiger partial charge in [0.2, 0.25) is 0 Å². The van der Waals surface area contributed by atoms with Crippen molar-refractivity contribution in [3.05, 3.63) is 23.8 Å². The highest BCUT2D eigenvalue weighted by molar-refractivity contribution is 6.04. The first-order chi connectivity index (χ1) is 9.27. The Morgan fingerprint density at radius 3 is 2.47 bits per heavy atom. The first-order valence-corrected chi connectivity index (χ1v) is 6.76. The molecule has 0 radical (unpaired) electrons. The zero-order valence-electron chi connectivity index (χ0n) is 11.6. The Morgan fingerprint density at radius 2 is 1.84 bits per heavy atom. The van der Waals surface area contributed by atoms with E-state index >= 15 is 0 Å². The van der Waals surface area contributed by atoms with Crippen molar-refractivity contribution in [3.63, 3.8) is 0 Å². The fourth-order valence-electron chi connectivity index (χ4n) is 2.52. The van der Waals surface area contributed by atoms with Gasteiger partial charge in [0.15, 0.2) is 5.78 Å². The van der Waals surface area contributed by atoms with Gasteiger partial charge < -0.3 is 14.8 Å². The average Bonchev–Trinajstić information content (AvgIpc) is 2.74. The number of ether oxygens (including phenoxy) is 2. The number of rotatable bonds is 4. The van der Waals surface area contributed by atoms with Crippen molar-refractivity contribution < 1.29 is 14.3 Å². The molecule has 0 amide bonds. The summed E-state index contributed by atoms with van der Waals surface area (Å²) in [7, 11) is 3.15. The summed E-state index contributed by atoms with van der Waals surface area (Å²) in [4.78, 5) is 12.7. The quantitative estimate of drug-likeness (QED) is 0.847. The van der Waals surface area contributed by atoms with Crippen LogP contribution in [0.15, 0.2) is 18.2 Å². The molecule has 0 saturated carbocycles. The summed E-state index contributed by atoms with van der Waals surface area (Å²) in [5, 5.41) is 3.32. The van der Waals surface area contributed by atoms with Crippen molar-refractivity contribution in [3.8, 4) is 11.5 Å². The summed E-state index contributed by atoms with van der Waals surface area (Å²) in [6, 6.07) is 5.29. The lowest BCUT2D eigenvalue weighted by Crippen LogP contribution is -2.36. The van der Waals surface area contributed by atoms with Crippen molar-refractivity contribution in [2.75, 3.05) is 20.8 Å². The van der Waals surface area contributed by atoms with E-state index in [1.165, 1.54) is 6.42 Å². The molecule has 104 valence electrons. The van der Waals surface area contributed by atoms with Crippen molar-refractivity contribution in [1.82, 2.24) is 5.32 Å². The lowest BCUT2D eigenvalue weighted by atomic mass is 9.98. The van der Waals surface area contributed by atoms with Crippen LogP contribution in [0, 0.1) is 0 Å². The third kappa shape index (κ3) is 3.07. The number of nitrogens with one attached hydrogen (secondary N) is 1. The van der Waals surface area contributed by atoms with Crippen LogP contribution in [-0.2, 0) is 0 Å². The number of hydrogen-bond donors (Lipinski definition) is 1. The van der Waals surface area contributed by atoms with Gasteiger partial charge in [0.1, 0.15) is 17.1 Å². The van der Waals surface area contributed by atoms with Gasteiger partial charge in [0, 0.05) is 0 Å². The zero-order chi connectivity index (χ0) is 13.7. The molecule has 1 atom stereocenters. The smallest absolute Gasteiger partial charge is 0.187 e. The van der Waals surface area contributed by atoms with Crippen LogP contribution in [0.5, 0.6) is 11.5 Å². The average molecular weight is 263 g/mol. The Morgan fingerprint density at radius 1 is 1.16 bits per heavy atom. The molecule has 0 bridgehead atoms. The SMILES string of the molecule is COc1cccc(OC)c1C(=O)C1CCCCCN1. The number of benzene rings is 1. The van der Waals surface area contributed by atoms with Gasteiger partial charge in [-0.1, -0.05) is 18.9 Å². The zero-order valence-corrected chi connectivity index (χ0v) is 11.6. The van der Waals surface area contributed by atoms with Crippen LogP contribution in [-0.4, -0.2) is 32.6 Å². The molecule has 1 aromatic carbocycles. The third-order valence-electron chi connectivity index (χ3n) is 3.55. The van der Waals surface area contributed by atoms with Gasteiger partial charge in [0.25, 0.3) is 0 Å². The van der Waals surface area contributed by atoms with Crippen molar-refractivity contribution >= 4 is 5.78 Å². The lowest BCUT2D eigenvalue weighted by molar-refractivity contribution is 0.0934. The standard InChI is InChI=1S/C15H21NO3/c1-18-12-8-6-9-13(19-2)14(12)15(17)11-7-4-3-5-10-16-11/h6,8-9,11,16H,3-5,7,10H2,1-2H3. The topological polar surface area (TPSA) is 47.6 Å². The molecule has 1 aromatic rings. The fourth-order valence-corrected chi connectivity index (χ4v) is 2.52. The van der Waals surface area contributed by atoms with E-state index in [0.717, 1.165) is 25.8 Å². The Hall–Kier alpha value is -1.55. The predicted octanol–water partition coefficient (Wildman–Crippen LogP) is 2.42. The molecule has 0 aliphatic carbocycles. The molecular formula is C15H21NO3. The van der Waals surface area contributed by atoms with E-state index in [1.54, 1.807) is 26.4 Å². The Bertz CT molecular complexity index is 415. The normalized spacial score (nSPS) is 19.6. The van der Waals surface area contributed by atoms with Crippen molar-refractivity contribution in [2.45, 2.75) is 31.7 Å². The predicted molar refractivity (Wildman–Crippen MR) is 74.1 cm³/mol. The van der Waals surface area contributed by atoms with E-state index in [0.29, 0.717) is 17.1 Å². The first-order valence-electron chi connectivity index (χ1n) is 6.76. The monoisotopic (exact) mass is 263 g/mol. The maximum absolute atomic E-state index is 12.7. The second-order valence-electron chi connectivity index (χ2n) is 4.76. The Kier molecular flexibility index (Phi) is 4.80. The second-order valence-corrected chi connectivity index (χ2v) is 4.76. The molecule has 4 nitrogen and oxygen atoms in total. The summed E-state index contributed by atoms with van der Waals surface area (Å²) in [5.41, 5.74) is 0.548. The summed E-state index contributed by atoms with van der Waals surface area (Å²) in [6.07, 6.45) is 4.27. The van der Waals surface area contributed by atoms with Crippen LogP contribution in [0.1, 0.15) is 36.0 Å². The molecular weight excluding hydrogens is 242 g/mol. The van der Waals surface area contributed by atoms with E-state index in [1.807, 2.05) is 6.07 Å². The number of ketones is 1. The van der Waals surface area contributed by atoms with Crippen molar-refractivity contribution in [2.24, 2.45) is 0 Å². The summed E-state index contributed by atoms with van der Waals surface area (Å²) in [5.74, 6) is 1.22. The lowest BCUT2D eigenvalue weighted by Gasteiger charge is -2.18. The van der Waals surface area contributed by atoms with Gasteiger partial charge in [-0.2, -0.15) is 0 Å². The Balaban J connectivity index is 2.30. The largest absolute Gasteiger partial charge is 0.496 e. The van der Waals surface area contributed by atoms with E-state index in [-0.39, 0.29) is 11.8 Å². The number of carbonyl (C=O) groups is 1. The highest BCUT2D eigenvalue weighted by Gasteiger charge is 2.26. The molecule has 2 rings (SSSR count). The van der Waals surface area contributed by atoms with E-state index in [4.69, 9.17) is 9.47 Å². The summed E-state index contributed by atoms with van der Waals surface area (Å²) >= 11 is 0. The van der Waals surface area contributed by atoms with Crippen LogP contribution in [0.4, 0.5) is 0 Å². The minimum Gasteiger partial charge on any atom is -0.496 e. The van der Waals surface area contributed by atoms with E-state index < -0.39 is 0 Å². The summed E-state index contributed by atoms with van der Waals surface area (Å²) in [6.45, 7) is 0.897. The van der Waals surface area contributed by atoms with Crippen LogP contribution in [0.3, 0.4) is 0 Å². The molecule has 1 saturated heterocycles. The highest BCUT2D eigenvalue weighted by atomic mass is 16.5. The number of Topliss-reactive ketones (excluding diaryl/α,β-unsaturated/α-hetero) is 1. The molecule has 0 aromatic heterocycles. The molecule has 19 heavy (non-hydrogen) atoms. The molecule has 1 aliphatic rings. The first kappa shape index (κ1) is 13.9. The minimum absolute atomic E-state index is 0.0659. The van der Waals surface area contributed by atoms with Gasteiger partial charge >= 0.3 is 0 Å². The molecule has 1 N–H and O–H groups in total. The maximum Gasteiger partial charge on any atom is 0.187 e. The van der Waals surface area contributed by atoms with E-state index in [2.05, 4.69) is 5.32 Å². The van der Waals surface area contributed by atoms with Gasteiger partial charge in [-0.3, -0.25) is 4.79 Å². The minimum atomic E-state index is -0.132. The van der Waals surface area contributed by atoms with Crippen LogP contribution in [0.25, 0.3) is 0 Å². The van der Waals surface area contributed by atoms with Gasteiger partial charge in [0.05, 0.1) is 20.3 Å². The number of methoxy groups -OCH3 is 2. The molecule has 0 spiro atoms. The van der Waals surface area contributed by atoms with Crippen LogP contribution >= 0.6 is 0 Å². The van der Waals surface area contributed by atoms with Gasteiger partial charge in [-0.15, -0.1) is 0 Å². The molecule has 1 fully saturated rings. The molecule has 1 heterocycles. The van der Waals surface area contributed by atoms with E-state index in [9.17, 15) is 4.79 Å². The van der Waals surface area contributed by atoms with Crippen LogP contribution < -0.4 is 14.8 Å². The fraction of sp³-hybridized carbons (Fsp3) is 0.533. The molecule has 4 heteroatoms. The summed E-state index contributed by atoms with van der Waals surface area (Å²) < 4.78 is 10.6. The van der Waals surface area contributed by atoms with Crippen LogP contribution in [0.2, 0.25) is 0 Å². The van der Waals surface area contributed by atoms with Gasteiger partial charge in [-0.05, 0) is 31.5 Å². The second kappa shape index (κ2) is 6.57. The highest BCUT2D eigenvalue weighted by Crippen LogP contribution is 2.30.